The van der Waals surface area contributed by atoms with Crippen LogP contribution in [0.1, 0.15) is 12.0 Å². The maximum absolute atomic E-state index is 10.4. The van der Waals surface area contributed by atoms with Crippen LogP contribution in [0.4, 0.5) is 0 Å². The van der Waals surface area contributed by atoms with Crippen molar-refractivity contribution in [3.63, 3.8) is 0 Å². The molecule has 2 aromatic rings. The summed E-state index contributed by atoms with van der Waals surface area (Å²) in [5.74, 6) is -0.997. The summed E-state index contributed by atoms with van der Waals surface area (Å²) in [5, 5.41) is 12.7. The van der Waals surface area contributed by atoms with E-state index in [0.29, 0.717) is 6.42 Å². The highest BCUT2D eigenvalue weighted by Crippen LogP contribution is 2.19. The number of fused-ring (bicyclic) bond motifs is 1. The number of carbonyl (C=O) groups excluding carboxylic acids is 1. The molecule has 2 aromatic carbocycles. The molecule has 76 valence electrons. The summed E-state index contributed by atoms with van der Waals surface area (Å²) in [5.41, 5.74) is 1.07. The molecular formula is C13H11O2-. The fourth-order valence-corrected chi connectivity index (χ4v) is 1.75. The Morgan fingerprint density at radius 3 is 2.60 bits per heavy atom. The number of carbonyl (C=O) groups is 1. The number of hydrogen-bond acceptors (Lipinski definition) is 2. The van der Waals surface area contributed by atoms with Gasteiger partial charge in [-0.1, -0.05) is 42.5 Å². The third kappa shape index (κ3) is 2.15. The lowest BCUT2D eigenvalue weighted by Gasteiger charge is -2.06. The van der Waals surface area contributed by atoms with Gasteiger partial charge >= 0.3 is 0 Å². The molecule has 0 aliphatic carbocycles. The van der Waals surface area contributed by atoms with Gasteiger partial charge in [-0.15, -0.1) is 0 Å². The molecule has 0 atom stereocenters. The van der Waals surface area contributed by atoms with Crippen LogP contribution in [0.5, 0.6) is 0 Å². The molecule has 0 aliphatic rings. The van der Waals surface area contributed by atoms with Crippen LogP contribution in [-0.4, -0.2) is 5.97 Å². The lowest BCUT2D eigenvalue weighted by atomic mass is 10.0. The first-order valence-electron chi connectivity index (χ1n) is 4.94. The second kappa shape index (κ2) is 4.13. The van der Waals surface area contributed by atoms with Crippen LogP contribution in [0.3, 0.4) is 0 Å². The Balaban J connectivity index is 2.38. The summed E-state index contributed by atoms with van der Waals surface area (Å²) in [6, 6.07) is 13.9. The molecule has 0 radical (unpaired) electrons. The minimum absolute atomic E-state index is 0.0774. The van der Waals surface area contributed by atoms with Gasteiger partial charge in [-0.05, 0) is 29.2 Å². The Labute approximate surface area is 88.2 Å². The van der Waals surface area contributed by atoms with Gasteiger partial charge in [0.2, 0.25) is 0 Å². The number of benzene rings is 2. The molecule has 0 spiro atoms. The van der Waals surface area contributed by atoms with Gasteiger partial charge in [-0.25, -0.2) is 0 Å². The van der Waals surface area contributed by atoms with Crippen LogP contribution < -0.4 is 5.11 Å². The second-order valence-corrected chi connectivity index (χ2v) is 3.51. The fraction of sp³-hybridized carbons (Fsp3) is 0.154. The number of carboxylic acid groups (broad SMARTS) is 1. The molecule has 0 bridgehead atoms. The van der Waals surface area contributed by atoms with E-state index in [4.69, 9.17) is 0 Å². The van der Waals surface area contributed by atoms with Gasteiger partial charge in [0, 0.05) is 5.97 Å². The van der Waals surface area contributed by atoms with Crippen LogP contribution >= 0.6 is 0 Å². The lowest BCUT2D eigenvalue weighted by molar-refractivity contribution is -0.305. The molecule has 15 heavy (non-hydrogen) atoms. The Morgan fingerprint density at radius 1 is 1.07 bits per heavy atom. The molecule has 0 amide bonds. The summed E-state index contributed by atoms with van der Waals surface area (Å²) < 4.78 is 0. The first kappa shape index (κ1) is 9.71. The van der Waals surface area contributed by atoms with Crippen LogP contribution in [0.2, 0.25) is 0 Å². The predicted molar refractivity (Wildman–Crippen MR) is 57.3 cm³/mol. The molecule has 0 aliphatic heterocycles. The largest absolute Gasteiger partial charge is 0.550 e. The number of rotatable bonds is 3. The maximum atomic E-state index is 10.4. The minimum Gasteiger partial charge on any atom is -0.550 e. The number of aliphatic carboxylic acids is 1. The highest BCUT2D eigenvalue weighted by molar-refractivity contribution is 5.85. The van der Waals surface area contributed by atoms with Gasteiger partial charge in [0.05, 0.1) is 0 Å². The average molecular weight is 199 g/mol. The van der Waals surface area contributed by atoms with Crippen molar-refractivity contribution < 1.29 is 9.90 Å². The van der Waals surface area contributed by atoms with Crippen LogP contribution in [0.15, 0.2) is 42.5 Å². The van der Waals surface area contributed by atoms with Gasteiger partial charge in [0.1, 0.15) is 0 Å². The smallest absolute Gasteiger partial charge is 0.0417 e. The zero-order valence-electron chi connectivity index (χ0n) is 8.27. The van der Waals surface area contributed by atoms with Crippen molar-refractivity contribution in [1.82, 2.24) is 0 Å². The first-order chi connectivity index (χ1) is 7.27. The van der Waals surface area contributed by atoms with Crippen molar-refractivity contribution in [3.8, 4) is 0 Å². The Kier molecular flexibility index (Phi) is 2.68. The molecule has 2 rings (SSSR count). The molecule has 0 aromatic heterocycles. The van der Waals surface area contributed by atoms with Crippen molar-refractivity contribution in [3.05, 3.63) is 48.0 Å². The van der Waals surface area contributed by atoms with Gasteiger partial charge in [-0.3, -0.25) is 0 Å². The van der Waals surface area contributed by atoms with Crippen molar-refractivity contribution in [2.45, 2.75) is 12.8 Å². The minimum atomic E-state index is -0.997. The zero-order chi connectivity index (χ0) is 10.7. The number of hydrogen-bond donors (Lipinski definition) is 0. The molecule has 0 heterocycles. The second-order valence-electron chi connectivity index (χ2n) is 3.51. The predicted octanol–water partition coefficient (Wildman–Crippen LogP) is 1.52. The Hall–Kier alpha value is -1.83. The third-order valence-electron chi connectivity index (χ3n) is 2.48. The highest BCUT2D eigenvalue weighted by Gasteiger charge is 1.99. The van der Waals surface area contributed by atoms with Crippen molar-refractivity contribution in [2.75, 3.05) is 0 Å². The van der Waals surface area contributed by atoms with E-state index in [0.717, 1.165) is 16.3 Å². The summed E-state index contributed by atoms with van der Waals surface area (Å²) in [6.45, 7) is 0. The topological polar surface area (TPSA) is 40.1 Å². The van der Waals surface area contributed by atoms with Gasteiger partial charge in [0.25, 0.3) is 0 Å². The number of aryl methyl sites for hydroxylation is 1. The Morgan fingerprint density at radius 2 is 1.80 bits per heavy atom. The van der Waals surface area contributed by atoms with E-state index in [-0.39, 0.29) is 6.42 Å². The third-order valence-corrected chi connectivity index (χ3v) is 2.48. The van der Waals surface area contributed by atoms with Crippen molar-refractivity contribution >= 4 is 16.7 Å². The Bertz CT molecular complexity index is 483. The zero-order valence-corrected chi connectivity index (χ0v) is 8.27. The molecule has 0 N–H and O–H groups in total. The quantitative estimate of drug-likeness (QED) is 0.752. The highest BCUT2D eigenvalue weighted by atomic mass is 16.4. The van der Waals surface area contributed by atoms with E-state index < -0.39 is 5.97 Å². The normalized spacial score (nSPS) is 10.4. The van der Waals surface area contributed by atoms with Crippen LogP contribution in [0.25, 0.3) is 10.8 Å². The van der Waals surface area contributed by atoms with E-state index in [1.54, 1.807) is 0 Å². The molecule has 0 saturated heterocycles. The number of carboxylic acids is 1. The summed E-state index contributed by atoms with van der Waals surface area (Å²) in [7, 11) is 0. The molecule has 0 saturated carbocycles. The molecule has 0 unspecified atom stereocenters. The van der Waals surface area contributed by atoms with E-state index in [1.165, 1.54) is 0 Å². The first-order valence-corrected chi connectivity index (χ1v) is 4.94. The van der Waals surface area contributed by atoms with Gasteiger partial charge in [0.15, 0.2) is 0 Å². The van der Waals surface area contributed by atoms with E-state index >= 15 is 0 Å². The summed E-state index contributed by atoms with van der Waals surface area (Å²) in [4.78, 5) is 10.4. The lowest BCUT2D eigenvalue weighted by Crippen LogP contribution is -2.22. The maximum Gasteiger partial charge on any atom is 0.0417 e. The van der Waals surface area contributed by atoms with Gasteiger partial charge in [-0.2, -0.15) is 0 Å². The fourth-order valence-electron chi connectivity index (χ4n) is 1.75. The molecule has 2 heteroatoms. The molecule has 2 nitrogen and oxygen atoms in total. The summed E-state index contributed by atoms with van der Waals surface area (Å²) >= 11 is 0. The molecule has 0 fully saturated rings. The van der Waals surface area contributed by atoms with Crippen molar-refractivity contribution in [1.29, 1.82) is 0 Å². The van der Waals surface area contributed by atoms with E-state index in [2.05, 4.69) is 0 Å². The van der Waals surface area contributed by atoms with Crippen LogP contribution in [0, 0.1) is 0 Å². The summed E-state index contributed by atoms with van der Waals surface area (Å²) in [6.07, 6.45) is 0.609. The SMILES string of the molecule is O=C([O-])CCc1cccc2ccccc12. The molecular weight excluding hydrogens is 188 g/mol. The standard InChI is InChI=1S/C13H12O2/c14-13(15)9-8-11-6-3-5-10-4-1-2-7-12(10)11/h1-7H,8-9H2,(H,14,15)/p-1. The van der Waals surface area contributed by atoms with E-state index in [1.807, 2.05) is 42.5 Å². The van der Waals surface area contributed by atoms with Crippen LogP contribution in [-0.2, 0) is 11.2 Å². The monoisotopic (exact) mass is 199 g/mol. The average Bonchev–Trinajstić information content (AvgIpc) is 2.26. The van der Waals surface area contributed by atoms with Gasteiger partial charge < -0.3 is 9.90 Å². The van der Waals surface area contributed by atoms with E-state index in [9.17, 15) is 9.90 Å². The van der Waals surface area contributed by atoms with Crippen molar-refractivity contribution in [2.24, 2.45) is 0 Å².